The Labute approximate surface area is 106 Å². The molecular weight excluding hydrogens is 259 g/mol. The van der Waals surface area contributed by atoms with Gasteiger partial charge < -0.3 is 15.0 Å². The van der Waals surface area contributed by atoms with Gasteiger partial charge in [-0.3, -0.25) is 0 Å². The first-order valence-electron chi connectivity index (χ1n) is 5.95. The maximum Gasteiger partial charge on any atom is 0.449 e. The second-order valence-corrected chi connectivity index (χ2v) is 4.62. The molecule has 1 unspecified atom stereocenters. The van der Waals surface area contributed by atoms with Crippen LogP contribution in [0, 0.1) is 0 Å². The molecule has 2 heterocycles. The minimum Gasteiger partial charge on any atom is -0.508 e. The van der Waals surface area contributed by atoms with Crippen molar-refractivity contribution in [3.05, 3.63) is 24.0 Å². The van der Waals surface area contributed by atoms with Crippen molar-refractivity contribution >= 4 is 11.0 Å². The fraction of sp³-hybridized carbons (Fsp3) is 0.417. The third-order valence-corrected chi connectivity index (χ3v) is 3.33. The lowest BCUT2D eigenvalue weighted by Gasteiger charge is -2.17. The van der Waals surface area contributed by atoms with Crippen molar-refractivity contribution in [3.8, 4) is 5.75 Å². The first-order chi connectivity index (χ1) is 8.97. The first kappa shape index (κ1) is 12.3. The number of nitrogens with one attached hydrogen (secondary N) is 1. The van der Waals surface area contributed by atoms with Crippen LogP contribution in [0.15, 0.2) is 18.2 Å². The predicted octanol–water partition coefficient (Wildman–Crippen LogP) is 2.30. The normalized spacial score (nSPS) is 20.3. The number of nitrogens with zero attached hydrogens (tertiary/aromatic N) is 2. The molecule has 1 aromatic heterocycles. The maximum absolute atomic E-state index is 13.1. The molecular formula is C12H12F3N3O. The van der Waals surface area contributed by atoms with Gasteiger partial charge in [-0.25, -0.2) is 4.98 Å². The summed E-state index contributed by atoms with van der Waals surface area (Å²) >= 11 is 0. The number of fused-ring (bicyclic) bond motifs is 1. The number of rotatable bonds is 1. The Morgan fingerprint density at radius 3 is 2.79 bits per heavy atom. The topological polar surface area (TPSA) is 50.1 Å². The number of benzene rings is 1. The number of hydrogen-bond acceptors (Lipinski definition) is 3. The lowest BCUT2D eigenvalue weighted by molar-refractivity contribution is -0.147. The van der Waals surface area contributed by atoms with Crippen LogP contribution in [0.1, 0.15) is 18.3 Å². The highest BCUT2D eigenvalue weighted by atomic mass is 19.4. The quantitative estimate of drug-likeness (QED) is 0.836. The van der Waals surface area contributed by atoms with Gasteiger partial charge in [-0.15, -0.1) is 0 Å². The Balaban J connectivity index is 2.26. The van der Waals surface area contributed by atoms with E-state index < -0.39 is 12.0 Å². The maximum atomic E-state index is 13.1. The standard InChI is InChI=1S/C12H12F3N3O/c13-12(14,15)11-17-9-2-1-8(19)5-10(9)18(11)7-3-4-16-6-7/h1-2,5,7,16,19H,3-4,6H2. The van der Waals surface area contributed by atoms with E-state index in [4.69, 9.17) is 0 Å². The van der Waals surface area contributed by atoms with Gasteiger partial charge in [0.25, 0.3) is 0 Å². The third kappa shape index (κ3) is 2.03. The molecule has 2 aromatic rings. The van der Waals surface area contributed by atoms with Crippen LogP contribution < -0.4 is 5.32 Å². The van der Waals surface area contributed by atoms with Gasteiger partial charge in [-0.2, -0.15) is 13.2 Å². The van der Waals surface area contributed by atoms with E-state index in [0.29, 0.717) is 25.0 Å². The summed E-state index contributed by atoms with van der Waals surface area (Å²) in [4.78, 5) is 3.67. The lowest BCUT2D eigenvalue weighted by Crippen LogP contribution is -2.20. The Morgan fingerprint density at radius 2 is 2.16 bits per heavy atom. The molecule has 4 nitrogen and oxygen atoms in total. The van der Waals surface area contributed by atoms with E-state index in [0.717, 1.165) is 0 Å². The van der Waals surface area contributed by atoms with Gasteiger partial charge in [0.15, 0.2) is 0 Å². The zero-order valence-corrected chi connectivity index (χ0v) is 9.91. The molecule has 1 atom stereocenters. The summed E-state index contributed by atoms with van der Waals surface area (Å²) in [6, 6.07) is 3.78. The predicted molar refractivity (Wildman–Crippen MR) is 62.9 cm³/mol. The SMILES string of the molecule is Oc1ccc2nc(C(F)(F)F)n(C3CCNC3)c2c1. The number of imidazole rings is 1. The number of phenolic OH excluding ortho intramolecular Hbond substituents is 1. The minimum absolute atomic E-state index is 0.0617. The Hall–Kier alpha value is -1.76. The van der Waals surface area contributed by atoms with Crippen LogP contribution in [0.3, 0.4) is 0 Å². The average Bonchev–Trinajstić information content (AvgIpc) is 2.92. The smallest absolute Gasteiger partial charge is 0.449 e. The van der Waals surface area contributed by atoms with Gasteiger partial charge in [-0.1, -0.05) is 0 Å². The molecule has 0 radical (unpaired) electrons. The van der Waals surface area contributed by atoms with Crippen molar-refractivity contribution in [2.24, 2.45) is 0 Å². The fourth-order valence-corrected chi connectivity index (χ4v) is 2.51. The zero-order valence-electron chi connectivity index (χ0n) is 9.91. The van der Waals surface area contributed by atoms with E-state index in [9.17, 15) is 18.3 Å². The van der Waals surface area contributed by atoms with E-state index in [1.807, 2.05) is 0 Å². The van der Waals surface area contributed by atoms with E-state index in [-0.39, 0.29) is 17.3 Å². The highest BCUT2D eigenvalue weighted by molar-refractivity contribution is 5.78. The van der Waals surface area contributed by atoms with Gasteiger partial charge in [0.2, 0.25) is 5.82 Å². The summed E-state index contributed by atoms with van der Waals surface area (Å²) in [7, 11) is 0. The van der Waals surface area contributed by atoms with E-state index >= 15 is 0 Å². The highest BCUT2D eigenvalue weighted by Crippen LogP contribution is 2.36. The number of hydrogen-bond donors (Lipinski definition) is 2. The molecule has 19 heavy (non-hydrogen) atoms. The molecule has 1 fully saturated rings. The molecule has 7 heteroatoms. The van der Waals surface area contributed by atoms with Gasteiger partial charge in [0, 0.05) is 18.7 Å². The molecule has 1 aliphatic rings. The Bertz CT molecular complexity index is 614. The van der Waals surface area contributed by atoms with Crippen LogP contribution in [0.5, 0.6) is 5.75 Å². The molecule has 0 bridgehead atoms. The summed E-state index contributed by atoms with van der Waals surface area (Å²) < 4.78 is 40.4. The number of aromatic hydroxyl groups is 1. The van der Waals surface area contributed by atoms with Crippen LogP contribution in [0.4, 0.5) is 13.2 Å². The van der Waals surface area contributed by atoms with Crippen LogP contribution >= 0.6 is 0 Å². The largest absolute Gasteiger partial charge is 0.508 e. The third-order valence-electron chi connectivity index (χ3n) is 3.33. The van der Waals surface area contributed by atoms with Crippen LogP contribution in [-0.2, 0) is 6.18 Å². The van der Waals surface area contributed by atoms with Gasteiger partial charge in [-0.05, 0) is 25.1 Å². The molecule has 0 aliphatic carbocycles. The van der Waals surface area contributed by atoms with Crippen LogP contribution in [-0.4, -0.2) is 27.7 Å². The Kier molecular flexibility index (Phi) is 2.67. The molecule has 0 amide bonds. The summed E-state index contributed by atoms with van der Waals surface area (Å²) in [5.74, 6) is -0.963. The summed E-state index contributed by atoms with van der Waals surface area (Å²) in [5.41, 5.74) is 0.568. The summed E-state index contributed by atoms with van der Waals surface area (Å²) in [6.45, 7) is 1.16. The van der Waals surface area contributed by atoms with Gasteiger partial charge in [0.05, 0.1) is 11.0 Å². The van der Waals surface area contributed by atoms with E-state index in [1.165, 1.54) is 22.8 Å². The van der Waals surface area contributed by atoms with Crippen molar-refractivity contribution in [3.63, 3.8) is 0 Å². The number of phenols is 1. The average molecular weight is 271 g/mol. The van der Waals surface area contributed by atoms with Crippen molar-refractivity contribution in [1.82, 2.24) is 14.9 Å². The molecule has 0 saturated carbocycles. The molecule has 1 saturated heterocycles. The van der Waals surface area contributed by atoms with E-state index in [2.05, 4.69) is 10.3 Å². The molecule has 0 spiro atoms. The molecule has 102 valence electrons. The molecule has 1 aliphatic heterocycles. The van der Waals surface area contributed by atoms with Crippen molar-refractivity contribution in [2.45, 2.75) is 18.6 Å². The number of alkyl halides is 3. The first-order valence-corrected chi connectivity index (χ1v) is 5.95. The number of halogens is 3. The monoisotopic (exact) mass is 271 g/mol. The van der Waals surface area contributed by atoms with Gasteiger partial charge in [0.1, 0.15) is 5.75 Å². The van der Waals surface area contributed by atoms with Crippen LogP contribution in [0.2, 0.25) is 0 Å². The molecule has 3 rings (SSSR count). The second kappa shape index (κ2) is 4.12. The Morgan fingerprint density at radius 1 is 1.37 bits per heavy atom. The minimum atomic E-state index is -4.50. The van der Waals surface area contributed by atoms with Crippen molar-refractivity contribution in [2.75, 3.05) is 13.1 Å². The lowest BCUT2D eigenvalue weighted by atomic mass is 10.2. The van der Waals surface area contributed by atoms with E-state index in [1.54, 1.807) is 0 Å². The summed E-state index contributed by atoms with van der Waals surface area (Å²) in [5, 5.41) is 12.5. The summed E-state index contributed by atoms with van der Waals surface area (Å²) in [6.07, 6.45) is -3.89. The second-order valence-electron chi connectivity index (χ2n) is 4.62. The van der Waals surface area contributed by atoms with Crippen LogP contribution in [0.25, 0.3) is 11.0 Å². The number of aromatic nitrogens is 2. The molecule has 2 N–H and O–H groups in total. The van der Waals surface area contributed by atoms with Gasteiger partial charge >= 0.3 is 6.18 Å². The highest BCUT2D eigenvalue weighted by Gasteiger charge is 2.39. The fourth-order valence-electron chi connectivity index (χ4n) is 2.51. The zero-order chi connectivity index (χ0) is 13.6. The van der Waals surface area contributed by atoms with Crippen molar-refractivity contribution in [1.29, 1.82) is 0 Å². The molecule has 1 aromatic carbocycles. The van der Waals surface area contributed by atoms with Crippen molar-refractivity contribution < 1.29 is 18.3 Å².